The van der Waals surface area contributed by atoms with E-state index in [1.807, 2.05) is 4.90 Å². The molecule has 0 spiro atoms. The molecule has 0 unspecified atom stereocenters. The molecule has 2 aliphatic rings. The fraction of sp³-hybridized carbons (Fsp3) is 0.611. The highest BCUT2D eigenvalue weighted by atomic mass is 19.1. The minimum absolute atomic E-state index is 0.212. The largest absolute Gasteiger partial charge is 0.377 e. The van der Waals surface area contributed by atoms with Crippen molar-refractivity contribution in [3.8, 4) is 0 Å². The van der Waals surface area contributed by atoms with Crippen LogP contribution in [0.2, 0.25) is 0 Å². The second-order valence-electron chi connectivity index (χ2n) is 6.51. The maximum Gasteiger partial charge on any atom is 0.225 e. The number of hydrogen-bond acceptors (Lipinski definition) is 2. The molecule has 0 N–H and O–H groups in total. The number of carbonyl (C=O) groups is 1. The summed E-state index contributed by atoms with van der Waals surface area (Å²) in [6.07, 6.45) is 5.43. The van der Waals surface area contributed by atoms with Gasteiger partial charge in [-0.2, -0.15) is 0 Å². The van der Waals surface area contributed by atoms with Gasteiger partial charge in [0.15, 0.2) is 0 Å². The number of halogens is 1. The predicted molar refractivity (Wildman–Crippen MR) is 82.7 cm³/mol. The van der Waals surface area contributed by atoms with Crippen LogP contribution in [0.4, 0.5) is 4.39 Å². The van der Waals surface area contributed by atoms with Crippen molar-refractivity contribution >= 4 is 5.91 Å². The fourth-order valence-electron chi connectivity index (χ4n) is 3.05. The SMILES string of the molecule is O=C(C1CC1)N1CCC(CCOCc2ccc(F)cc2)CC1. The predicted octanol–water partition coefficient (Wildman–Crippen LogP) is 3.38. The van der Waals surface area contributed by atoms with E-state index in [1.165, 1.54) is 12.1 Å². The molecule has 22 heavy (non-hydrogen) atoms. The molecular weight excluding hydrogens is 281 g/mol. The van der Waals surface area contributed by atoms with Gasteiger partial charge in [-0.15, -0.1) is 0 Å². The first kappa shape index (κ1) is 15.5. The van der Waals surface area contributed by atoms with Crippen LogP contribution in [0.5, 0.6) is 0 Å². The van der Waals surface area contributed by atoms with Gasteiger partial charge in [-0.05, 0) is 55.7 Å². The number of amides is 1. The molecule has 1 aromatic rings. The molecule has 3 rings (SSSR count). The van der Waals surface area contributed by atoms with E-state index < -0.39 is 0 Å². The zero-order valence-corrected chi connectivity index (χ0v) is 13.0. The number of carbonyl (C=O) groups excluding carboxylic acids is 1. The minimum Gasteiger partial charge on any atom is -0.377 e. The van der Waals surface area contributed by atoms with Gasteiger partial charge in [-0.1, -0.05) is 12.1 Å². The average molecular weight is 305 g/mol. The molecule has 1 saturated carbocycles. The smallest absolute Gasteiger partial charge is 0.225 e. The van der Waals surface area contributed by atoms with Crippen molar-refractivity contribution in [1.82, 2.24) is 4.90 Å². The second kappa shape index (κ2) is 7.23. The third-order valence-electron chi connectivity index (χ3n) is 4.71. The number of ether oxygens (including phenoxy) is 1. The van der Waals surface area contributed by atoms with Crippen molar-refractivity contribution in [2.24, 2.45) is 11.8 Å². The lowest BCUT2D eigenvalue weighted by atomic mass is 9.93. The molecule has 1 heterocycles. The summed E-state index contributed by atoms with van der Waals surface area (Å²) in [5.74, 6) is 1.18. The Hall–Kier alpha value is -1.42. The Bertz CT molecular complexity index is 490. The number of benzene rings is 1. The number of likely N-dealkylation sites (tertiary alicyclic amines) is 1. The lowest BCUT2D eigenvalue weighted by Crippen LogP contribution is -2.39. The molecule has 3 nitrogen and oxygen atoms in total. The van der Waals surface area contributed by atoms with Crippen LogP contribution in [-0.4, -0.2) is 30.5 Å². The Labute approximate surface area is 131 Å². The van der Waals surface area contributed by atoms with Gasteiger partial charge in [0.25, 0.3) is 0 Å². The zero-order valence-electron chi connectivity index (χ0n) is 13.0. The summed E-state index contributed by atoms with van der Waals surface area (Å²) in [5.41, 5.74) is 1.01. The third-order valence-corrected chi connectivity index (χ3v) is 4.71. The van der Waals surface area contributed by atoms with Crippen LogP contribution in [0.15, 0.2) is 24.3 Å². The lowest BCUT2D eigenvalue weighted by molar-refractivity contribution is -0.134. The van der Waals surface area contributed by atoms with Gasteiger partial charge < -0.3 is 9.64 Å². The Balaban J connectivity index is 1.30. The van der Waals surface area contributed by atoms with Gasteiger partial charge in [-0.3, -0.25) is 4.79 Å². The molecule has 0 aromatic heterocycles. The van der Waals surface area contributed by atoms with Crippen LogP contribution in [0.3, 0.4) is 0 Å². The molecule has 1 aromatic carbocycles. The second-order valence-corrected chi connectivity index (χ2v) is 6.51. The topological polar surface area (TPSA) is 29.5 Å². The van der Waals surface area contributed by atoms with Crippen LogP contribution in [0.1, 0.15) is 37.7 Å². The third kappa shape index (κ3) is 4.29. The molecule has 2 fully saturated rings. The normalized spacial score (nSPS) is 19.4. The van der Waals surface area contributed by atoms with E-state index in [0.29, 0.717) is 24.3 Å². The molecule has 1 amide bonds. The van der Waals surface area contributed by atoms with Gasteiger partial charge in [0.05, 0.1) is 6.61 Å². The molecule has 0 atom stereocenters. The van der Waals surface area contributed by atoms with Crippen molar-refractivity contribution in [2.45, 2.75) is 38.7 Å². The molecule has 0 bridgehead atoms. The minimum atomic E-state index is -0.212. The zero-order chi connectivity index (χ0) is 15.4. The van der Waals surface area contributed by atoms with Crippen LogP contribution in [0, 0.1) is 17.7 Å². The van der Waals surface area contributed by atoms with Crippen LogP contribution in [0.25, 0.3) is 0 Å². The van der Waals surface area contributed by atoms with Crippen LogP contribution < -0.4 is 0 Å². The first-order valence-electron chi connectivity index (χ1n) is 8.33. The maximum atomic E-state index is 12.8. The Kier molecular flexibility index (Phi) is 5.08. The Morgan fingerprint density at radius 1 is 1.14 bits per heavy atom. The highest BCUT2D eigenvalue weighted by Gasteiger charge is 2.34. The van der Waals surface area contributed by atoms with Gasteiger partial charge in [-0.25, -0.2) is 4.39 Å². The first-order chi connectivity index (χ1) is 10.7. The summed E-state index contributed by atoms with van der Waals surface area (Å²) < 4.78 is 18.5. The van der Waals surface area contributed by atoms with Crippen molar-refractivity contribution < 1.29 is 13.9 Å². The van der Waals surface area contributed by atoms with E-state index in [1.54, 1.807) is 12.1 Å². The number of hydrogen-bond donors (Lipinski definition) is 0. The Morgan fingerprint density at radius 3 is 2.45 bits per heavy atom. The van der Waals surface area contributed by atoms with Crippen molar-refractivity contribution in [3.63, 3.8) is 0 Å². The molecule has 1 saturated heterocycles. The summed E-state index contributed by atoms with van der Waals surface area (Å²) in [7, 11) is 0. The standard InChI is InChI=1S/C18H24FNO2/c19-17-5-1-15(2-6-17)13-22-12-9-14-7-10-20(11-8-14)18(21)16-3-4-16/h1-2,5-6,14,16H,3-4,7-13H2. The van der Waals surface area contributed by atoms with Crippen molar-refractivity contribution in [2.75, 3.05) is 19.7 Å². The summed E-state index contributed by atoms with van der Waals surface area (Å²) in [4.78, 5) is 14.0. The van der Waals surface area contributed by atoms with Gasteiger partial charge >= 0.3 is 0 Å². The monoisotopic (exact) mass is 305 g/mol. The van der Waals surface area contributed by atoms with Gasteiger partial charge in [0.1, 0.15) is 5.82 Å². The summed E-state index contributed by atoms with van der Waals surface area (Å²) in [6, 6.07) is 6.45. The lowest BCUT2D eigenvalue weighted by Gasteiger charge is -2.32. The highest BCUT2D eigenvalue weighted by molar-refractivity contribution is 5.81. The average Bonchev–Trinajstić information content (AvgIpc) is 3.38. The Morgan fingerprint density at radius 2 is 1.82 bits per heavy atom. The van der Waals surface area contributed by atoms with Crippen molar-refractivity contribution in [1.29, 1.82) is 0 Å². The highest BCUT2D eigenvalue weighted by Crippen LogP contribution is 2.32. The molecule has 120 valence electrons. The fourth-order valence-corrected chi connectivity index (χ4v) is 3.05. The summed E-state index contributed by atoms with van der Waals surface area (Å²) in [6.45, 7) is 3.10. The van der Waals surface area contributed by atoms with Crippen molar-refractivity contribution in [3.05, 3.63) is 35.6 Å². The van der Waals surface area contributed by atoms with E-state index >= 15 is 0 Å². The van der Waals surface area contributed by atoms with Gasteiger partial charge in [0, 0.05) is 25.6 Å². The molecule has 1 aliphatic carbocycles. The molecule has 1 aliphatic heterocycles. The molecular formula is C18H24FNO2. The van der Waals surface area contributed by atoms with E-state index in [2.05, 4.69) is 0 Å². The van der Waals surface area contributed by atoms with E-state index in [-0.39, 0.29) is 5.82 Å². The molecule has 4 heteroatoms. The summed E-state index contributed by atoms with van der Waals surface area (Å²) >= 11 is 0. The summed E-state index contributed by atoms with van der Waals surface area (Å²) in [5, 5.41) is 0. The van der Waals surface area contributed by atoms with E-state index in [4.69, 9.17) is 4.74 Å². The van der Waals surface area contributed by atoms with Gasteiger partial charge in [0.2, 0.25) is 5.91 Å². The van der Waals surface area contributed by atoms with Crippen LogP contribution in [-0.2, 0) is 16.1 Å². The van der Waals surface area contributed by atoms with E-state index in [9.17, 15) is 9.18 Å². The first-order valence-corrected chi connectivity index (χ1v) is 8.33. The number of rotatable bonds is 6. The molecule has 0 radical (unpaired) electrons. The van der Waals surface area contributed by atoms with E-state index in [0.717, 1.165) is 57.4 Å². The quantitative estimate of drug-likeness (QED) is 0.754. The number of piperidine rings is 1. The maximum absolute atomic E-state index is 12.8. The number of nitrogens with zero attached hydrogens (tertiary/aromatic N) is 1. The van der Waals surface area contributed by atoms with Crippen LogP contribution >= 0.6 is 0 Å².